The van der Waals surface area contributed by atoms with E-state index in [1.165, 1.54) is 16.9 Å². The highest BCUT2D eigenvalue weighted by Crippen LogP contribution is 2.39. The van der Waals surface area contributed by atoms with Gasteiger partial charge in [-0.1, -0.05) is 18.2 Å². The summed E-state index contributed by atoms with van der Waals surface area (Å²) in [5, 5.41) is 0. The molecule has 0 amide bonds. The number of halogens is 1. The van der Waals surface area contributed by atoms with E-state index in [0.717, 1.165) is 12.0 Å². The van der Waals surface area contributed by atoms with E-state index in [4.69, 9.17) is 11.6 Å². The molecule has 0 fully saturated rings. The van der Waals surface area contributed by atoms with Crippen molar-refractivity contribution >= 4 is 23.0 Å². The van der Waals surface area contributed by atoms with Crippen LogP contribution in [0, 0.1) is 0 Å². The van der Waals surface area contributed by atoms with E-state index in [1.807, 2.05) is 12.4 Å². The average molecular weight is 259 g/mol. The van der Waals surface area contributed by atoms with Gasteiger partial charge in [-0.05, 0) is 31.0 Å². The number of hydrogen-bond donors (Lipinski definition) is 0. The first-order valence-electron chi connectivity index (χ1n) is 6.17. The van der Waals surface area contributed by atoms with Crippen molar-refractivity contribution in [2.45, 2.75) is 25.3 Å². The first-order valence-corrected chi connectivity index (χ1v) is 6.70. The molecule has 0 aliphatic carbocycles. The Kier molecular flexibility index (Phi) is 2.96. The van der Waals surface area contributed by atoms with Gasteiger partial charge in [0.1, 0.15) is 0 Å². The van der Waals surface area contributed by atoms with Crippen molar-refractivity contribution in [2.24, 2.45) is 0 Å². The second kappa shape index (κ2) is 4.62. The van der Waals surface area contributed by atoms with Gasteiger partial charge in [0.25, 0.3) is 0 Å². The Morgan fingerprint density at radius 3 is 2.94 bits per heavy atom. The summed E-state index contributed by atoms with van der Waals surface area (Å²) in [5.74, 6) is 0.495. The van der Waals surface area contributed by atoms with Gasteiger partial charge in [0.15, 0.2) is 0 Å². The van der Waals surface area contributed by atoms with Gasteiger partial charge in [-0.15, -0.1) is 11.6 Å². The van der Waals surface area contributed by atoms with Crippen LogP contribution in [0.4, 0.5) is 11.4 Å². The van der Waals surface area contributed by atoms with Crippen LogP contribution in [-0.4, -0.2) is 11.0 Å². The highest BCUT2D eigenvalue weighted by atomic mass is 35.5. The standard InChI is InChI=1S/C15H15ClN2/c1-11-8-12-4-2-3-5-14(12)18(11)15-6-7-17-10-13(15)9-16/h2-7,10-11H,8-9H2,1H3. The number of rotatable bonds is 2. The highest BCUT2D eigenvalue weighted by molar-refractivity contribution is 6.17. The molecular weight excluding hydrogens is 244 g/mol. The molecule has 2 heterocycles. The molecule has 92 valence electrons. The van der Waals surface area contributed by atoms with E-state index in [-0.39, 0.29) is 0 Å². The largest absolute Gasteiger partial charge is 0.338 e. The second-order valence-electron chi connectivity index (χ2n) is 4.69. The third-order valence-electron chi connectivity index (χ3n) is 3.49. The number of anilines is 2. The molecular formula is C15H15ClN2. The maximum Gasteiger partial charge on any atom is 0.0510 e. The predicted octanol–water partition coefficient (Wildman–Crippen LogP) is 3.90. The molecule has 18 heavy (non-hydrogen) atoms. The van der Waals surface area contributed by atoms with E-state index < -0.39 is 0 Å². The lowest BCUT2D eigenvalue weighted by molar-refractivity contribution is 0.756. The Balaban J connectivity index is 2.12. The van der Waals surface area contributed by atoms with E-state index >= 15 is 0 Å². The normalized spacial score (nSPS) is 17.9. The summed E-state index contributed by atoms with van der Waals surface area (Å²) in [6.07, 6.45) is 4.77. The summed E-state index contributed by atoms with van der Waals surface area (Å²) in [7, 11) is 0. The van der Waals surface area contributed by atoms with Crippen LogP contribution >= 0.6 is 11.6 Å². The van der Waals surface area contributed by atoms with Crippen LogP contribution in [0.3, 0.4) is 0 Å². The van der Waals surface area contributed by atoms with Gasteiger partial charge in [-0.25, -0.2) is 0 Å². The zero-order valence-corrected chi connectivity index (χ0v) is 11.1. The maximum absolute atomic E-state index is 6.02. The molecule has 0 radical (unpaired) electrons. The van der Waals surface area contributed by atoms with Crippen LogP contribution in [0.15, 0.2) is 42.7 Å². The van der Waals surface area contributed by atoms with E-state index in [9.17, 15) is 0 Å². The molecule has 3 rings (SSSR count). The molecule has 1 unspecified atom stereocenters. The zero-order chi connectivity index (χ0) is 12.5. The number of nitrogens with zero attached hydrogens (tertiary/aromatic N) is 2. The number of pyridine rings is 1. The fraction of sp³-hybridized carbons (Fsp3) is 0.267. The van der Waals surface area contributed by atoms with Gasteiger partial charge in [0.05, 0.1) is 5.88 Å². The molecule has 1 aliphatic rings. The molecule has 1 aromatic heterocycles. The number of aromatic nitrogens is 1. The number of fused-ring (bicyclic) bond motifs is 1. The molecule has 0 spiro atoms. The Hall–Kier alpha value is -1.54. The van der Waals surface area contributed by atoms with Gasteiger partial charge in [-0.3, -0.25) is 4.98 Å². The van der Waals surface area contributed by atoms with Crippen molar-refractivity contribution in [3.63, 3.8) is 0 Å². The van der Waals surface area contributed by atoms with Gasteiger partial charge < -0.3 is 4.90 Å². The Bertz CT molecular complexity index is 568. The number of para-hydroxylation sites is 1. The fourth-order valence-corrected chi connectivity index (χ4v) is 2.90. The second-order valence-corrected chi connectivity index (χ2v) is 4.96. The highest BCUT2D eigenvalue weighted by Gasteiger charge is 2.27. The van der Waals surface area contributed by atoms with Crippen LogP contribution in [0.5, 0.6) is 0 Å². The summed E-state index contributed by atoms with van der Waals surface area (Å²) in [4.78, 5) is 6.53. The minimum atomic E-state index is 0.465. The molecule has 1 aliphatic heterocycles. The molecule has 0 bridgehead atoms. The van der Waals surface area contributed by atoms with E-state index in [2.05, 4.69) is 47.1 Å². The minimum Gasteiger partial charge on any atom is -0.338 e. The van der Waals surface area contributed by atoms with Crippen molar-refractivity contribution in [2.75, 3.05) is 4.90 Å². The number of hydrogen-bond acceptors (Lipinski definition) is 2. The topological polar surface area (TPSA) is 16.1 Å². The summed E-state index contributed by atoms with van der Waals surface area (Å²) in [6.45, 7) is 2.25. The predicted molar refractivity (Wildman–Crippen MR) is 75.5 cm³/mol. The van der Waals surface area contributed by atoms with Gasteiger partial charge in [0.2, 0.25) is 0 Å². The van der Waals surface area contributed by atoms with Crippen molar-refractivity contribution in [1.29, 1.82) is 0 Å². The van der Waals surface area contributed by atoms with Crippen LogP contribution in [-0.2, 0) is 12.3 Å². The Morgan fingerprint density at radius 2 is 2.11 bits per heavy atom. The summed E-state index contributed by atoms with van der Waals surface area (Å²) >= 11 is 6.02. The molecule has 0 N–H and O–H groups in total. The fourth-order valence-electron chi connectivity index (χ4n) is 2.69. The lowest BCUT2D eigenvalue weighted by Crippen LogP contribution is -2.24. The van der Waals surface area contributed by atoms with E-state index in [1.54, 1.807) is 0 Å². The van der Waals surface area contributed by atoms with Gasteiger partial charge in [0, 0.05) is 35.4 Å². The SMILES string of the molecule is CC1Cc2ccccc2N1c1ccncc1CCl. The van der Waals surface area contributed by atoms with Crippen LogP contribution < -0.4 is 4.90 Å². The molecule has 1 aromatic carbocycles. The average Bonchev–Trinajstić information content (AvgIpc) is 2.74. The van der Waals surface area contributed by atoms with Crippen molar-refractivity contribution in [1.82, 2.24) is 4.98 Å². The smallest absolute Gasteiger partial charge is 0.0510 e. The summed E-state index contributed by atoms with van der Waals surface area (Å²) in [6, 6.07) is 11.1. The first-order chi connectivity index (χ1) is 8.81. The van der Waals surface area contributed by atoms with Gasteiger partial charge in [-0.2, -0.15) is 0 Å². The van der Waals surface area contributed by atoms with Crippen molar-refractivity contribution in [3.05, 3.63) is 53.9 Å². The lowest BCUT2D eigenvalue weighted by Gasteiger charge is -2.26. The third-order valence-corrected chi connectivity index (χ3v) is 3.78. The quantitative estimate of drug-likeness (QED) is 0.760. The first kappa shape index (κ1) is 11.5. The van der Waals surface area contributed by atoms with Gasteiger partial charge >= 0.3 is 0 Å². The molecule has 1 atom stereocenters. The molecule has 2 aromatic rings. The minimum absolute atomic E-state index is 0.465. The Labute approximate surface area is 112 Å². The number of alkyl halides is 1. The van der Waals surface area contributed by atoms with Crippen LogP contribution in [0.1, 0.15) is 18.1 Å². The zero-order valence-electron chi connectivity index (χ0n) is 10.3. The van der Waals surface area contributed by atoms with E-state index in [0.29, 0.717) is 11.9 Å². The Morgan fingerprint density at radius 1 is 1.28 bits per heavy atom. The number of benzene rings is 1. The maximum atomic E-state index is 6.02. The molecule has 2 nitrogen and oxygen atoms in total. The van der Waals surface area contributed by atoms with Crippen molar-refractivity contribution in [3.8, 4) is 0 Å². The lowest BCUT2D eigenvalue weighted by atomic mass is 10.1. The third kappa shape index (κ3) is 1.77. The monoisotopic (exact) mass is 258 g/mol. The summed E-state index contributed by atoms with van der Waals surface area (Å²) in [5.41, 5.74) is 4.96. The van der Waals surface area contributed by atoms with Crippen molar-refractivity contribution < 1.29 is 0 Å². The molecule has 3 heteroatoms. The van der Waals surface area contributed by atoms with Crippen LogP contribution in [0.25, 0.3) is 0 Å². The molecule has 0 saturated carbocycles. The molecule has 0 saturated heterocycles. The van der Waals surface area contributed by atoms with Crippen LogP contribution in [0.2, 0.25) is 0 Å². The summed E-state index contributed by atoms with van der Waals surface area (Å²) < 4.78 is 0.